The van der Waals surface area contributed by atoms with Crippen LogP contribution in [0.2, 0.25) is 0 Å². The summed E-state index contributed by atoms with van der Waals surface area (Å²) in [7, 11) is 0. The summed E-state index contributed by atoms with van der Waals surface area (Å²) in [5.41, 5.74) is 1.32. The molecule has 2 atom stereocenters. The first-order chi connectivity index (χ1) is 9.15. The third kappa shape index (κ3) is 4.83. The quantitative estimate of drug-likeness (QED) is 0.864. The van der Waals surface area contributed by atoms with Gasteiger partial charge in [0.05, 0.1) is 6.10 Å². The molecule has 1 aromatic carbocycles. The van der Waals surface area contributed by atoms with E-state index in [1.54, 1.807) is 0 Å². The first kappa shape index (κ1) is 14.9. The van der Waals surface area contributed by atoms with Crippen LogP contribution >= 0.6 is 11.8 Å². The van der Waals surface area contributed by atoms with Crippen molar-refractivity contribution in [3.63, 3.8) is 0 Å². The smallest absolute Gasteiger partial charge is 0.0662 e. The fourth-order valence-electron chi connectivity index (χ4n) is 2.44. The molecule has 2 N–H and O–H groups in total. The summed E-state index contributed by atoms with van der Waals surface area (Å²) in [5.74, 6) is 0. The Morgan fingerprint density at radius 3 is 2.84 bits per heavy atom. The van der Waals surface area contributed by atoms with E-state index in [1.165, 1.54) is 23.3 Å². The lowest BCUT2D eigenvalue weighted by Crippen LogP contribution is -2.26. The van der Waals surface area contributed by atoms with Gasteiger partial charge in [-0.3, -0.25) is 0 Å². The van der Waals surface area contributed by atoms with E-state index in [-0.39, 0.29) is 6.10 Å². The third-order valence-electron chi connectivity index (χ3n) is 3.57. The number of hydrogen-bond donors (Lipinski definition) is 2. The van der Waals surface area contributed by atoms with Crippen molar-refractivity contribution in [2.24, 2.45) is 0 Å². The molecule has 0 spiro atoms. The van der Waals surface area contributed by atoms with Gasteiger partial charge in [-0.05, 0) is 30.5 Å². The number of thioether (sulfide) groups is 1. The molecule has 106 valence electrons. The van der Waals surface area contributed by atoms with Crippen LogP contribution in [-0.2, 0) is 6.54 Å². The number of aliphatic hydroxyl groups is 1. The zero-order chi connectivity index (χ0) is 13.7. The lowest BCUT2D eigenvalue weighted by atomic mass is 9.97. The van der Waals surface area contributed by atoms with Gasteiger partial charge < -0.3 is 10.4 Å². The van der Waals surface area contributed by atoms with E-state index in [0.29, 0.717) is 11.3 Å². The fraction of sp³-hybridized carbons (Fsp3) is 0.625. The zero-order valence-corrected chi connectivity index (χ0v) is 12.7. The maximum Gasteiger partial charge on any atom is 0.0662 e. The van der Waals surface area contributed by atoms with Gasteiger partial charge in [0.1, 0.15) is 0 Å². The summed E-state index contributed by atoms with van der Waals surface area (Å²) >= 11 is 1.84. The zero-order valence-electron chi connectivity index (χ0n) is 11.9. The van der Waals surface area contributed by atoms with E-state index in [9.17, 15) is 5.11 Å². The molecule has 0 bridgehead atoms. The van der Waals surface area contributed by atoms with Crippen molar-refractivity contribution in [2.45, 2.75) is 68.4 Å². The van der Waals surface area contributed by atoms with Gasteiger partial charge in [-0.15, -0.1) is 11.8 Å². The maximum atomic E-state index is 10.0. The van der Waals surface area contributed by atoms with Crippen LogP contribution < -0.4 is 5.32 Å². The lowest BCUT2D eigenvalue weighted by molar-refractivity contribution is 0.137. The number of rotatable bonds is 5. The van der Waals surface area contributed by atoms with Crippen molar-refractivity contribution in [3.8, 4) is 0 Å². The Bertz CT molecular complexity index is 394. The minimum Gasteiger partial charge on any atom is -0.392 e. The van der Waals surface area contributed by atoms with Crippen molar-refractivity contribution in [3.05, 3.63) is 29.8 Å². The van der Waals surface area contributed by atoms with E-state index in [4.69, 9.17) is 0 Å². The van der Waals surface area contributed by atoms with Gasteiger partial charge in [0.15, 0.2) is 0 Å². The van der Waals surface area contributed by atoms with Crippen molar-refractivity contribution in [2.75, 3.05) is 0 Å². The summed E-state index contributed by atoms with van der Waals surface area (Å²) in [4.78, 5) is 1.29. The Labute approximate surface area is 121 Å². The molecule has 0 radical (unpaired) electrons. The van der Waals surface area contributed by atoms with Crippen LogP contribution in [0.25, 0.3) is 0 Å². The summed E-state index contributed by atoms with van der Waals surface area (Å²) in [5, 5.41) is 13.9. The first-order valence-electron chi connectivity index (χ1n) is 7.32. The molecule has 1 aliphatic rings. The van der Waals surface area contributed by atoms with E-state index >= 15 is 0 Å². The molecule has 1 aromatic rings. The standard InChI is InChI=1S/C16H25NOS/c1-12(2)17-11-13-6-5-7-14(10-13)19-16-9-4-3-8-15(16)18/h5-7,10,12,15-18H,3-4,8-9,11H2,1-2H3. The topological polar surface area (TPSA) is 32.3 Å². The molecule has 1 fully saturated rings. The van der Waals surface area contributed by atoms with Gasteiger partial charge in [0.2, 0.25) is 0 Å². The number of hydrogen-bond acceptors (Lipinski definition) is 3. The molecule has 1 saturated carbocycles. The van der Waals surface area contributed by atoms with Crippen LogP contribution in [0.4, 0.5) is 0 Å². The number of benzene rings is 1. The molecule has 0 amide bonds. The second-order valence-electron chi connectivity index (χ2n) is 5.69. The molecule has 19 heavy (non-hydrogen) atoms. The SMILES string of the molecule is CC(C)NCc1cccc(SC2CCCCC2O)c1. The normalized spacial score (nSPS) is 23.8. The van der Waals surface area contributed by atoms with E-state index in [2.05, 4.69) is 43.4 Å². The molecular formula is C16H25NOS. The number of aliphatic hydroxyl groups excluding tert-OH is 1. The molecule has 3 heteroatoms. The maximum absolute atomic E-state index is 10.0. The van der Waals surface area contributed by atoms with Crippen LogP contribution in [0, 0.1) is 0 Å². The fourth-order valence-corrected chi connectivity index (χ4v) is 3.74. The van der Waals surface area contributed by atoms with Crippen LogP contribution in [0.15, 0.2) is 29.2 Å². The molecule has 2 rings (SSSR count). The van der Waals surface area contributed by atoms with E-state index < -0.39 is 0 Å². The van der Waals surface area contributed by atoms with E-state index in [0.717, 1.165) is 19.4 Å². The van der Waals surface area contributed by atoms with Crippen LogP contribution in [0.3, 0.4) is 0 Å². The summed E-state index contributed by atoms with van der Waals surface area (Å²) < 4.78 is 0. The minimum atomic E-state index is -0.129. The highest BCUT2D eigenvalue weighted by molar-refractivity contribution is 8.00. The molecule has 0 heterocycles. The van der Waals surface area contributed by atoms with Gasteiger partial charge >= 0.3 is 0 Å². The van der Waals surface area contributed by atoms with Gasteiger partial charge in [-0.1, -0.05) is 38.8 Å². The predicted octanol–water partition coefficient (Wildman–Crippen LogP) is 3.58. The second-order valence-corrected chi connectivity index (χ2v) is 7.00. The summed E-state index contributed by atoms with van der Waals surface area (Å²) in [6.45, 7) is 5.24. The summed E-state index contributed by atoms with van der Waals surface area (Å²) in [6, 6.07) is 9.20. The van der Waals surface area contributed by atoms with Gasteiger partial charge in [-0.2, -0.15) is 0 Å². The van der Waals surface area contributed by atoms with Crippen molar-refractivity contribution in [1.82, 2.24) is 5.32 Å². The van der Waals surface area contributed by atoms with Crippen molar-refractivity contribution < 1.29 is 5.11 Å². The highest BCUT2D eigenvalue weighted by Crippen LogP contribution is 2.34. The first-order valence-corrected chi connectivity index (χ1v) is 8.20. The molecule has 0 aromatic heterocycles. The summed E-state index contributed by atoms with van der Waals surface area (Å²) in [6.07, 6.45) is 4.41. The second kappa shape index (κ2) is 7.32. The van der Waals surface area contributed by atoms with Crippen molar-refractivity contribution >= 4 is 11.8 Å². The third-order valence-corrected chi connectivity index (χ3v) is 4.95. The Morgan fingerprint density at radius 2 is 2.11 bits per heavy atom. The Kier molecular flexibility index (Phi) is 5.74. The Balaban J connectivity index is 1.94. The highest BCUT2D eigenvalue weighted by atomic mass is 32.2. The highest BCUT2D eigenvalue weighted by Gasteiger charge is 2.23. The van der Waals surface area contributed by atoms with Crippen LogP contribution in [0.5, 0.6) is 0 Å². The largest absolute Gasteiger partial charge is 0.392 e. The molecular weight excluding hydrogens is 254 g/mol. The minimum absolute atomic E-state index is 0.129. The Hall–Kier alpha value is -0.510. The molecule has 0 aliphatic heterocycles. The Morgan fingerprint density at radius 1 is 1.32 bits per heavy atom. The van der Waals surface area contributed by atoms with Gasteiger partial charge in [0.25, 0.3) is 0 Å². The molecule has 2 unspecified atom stereocenters. The predicted molar refractivity (Wildman–Crippen MR) is 82.5 cm³/mol. The average molecular weight is 279 g/mol. The van der Waals surface area contributed by atoms with Crippen LogP contribution in [0.1, 0.15) is 45.1 Å². The van der Waals surface area contributed by atoms with E-state index in [1.807, 2.05) is 11.8 Å². The average Bonchev–Trinajstić information content (AvgIpc) is 2.40. The monoisotopic (exact) mass is 279 g/mol. The lowest BCUT2D eigenvalue weighted by Gasteiger charge is -2.27. The molecule has 0 saturated heterocycles. The van der Waals surface area contributed by atoms with Gasteiger partial charge in [-0.25, -0.2) is 0 Å². The molecule has 2 nitrogen and oxygen atoms in total. The van der Waals surface area contributed by atoms with Crippen molar-refractivity contribution in [1.29, 1.82) is 0 Å². The molecule has 1 aliphatic carbocycles. The number of nitrogens with one attached hydrogen (secondary N) is 1. The van der Waals surface area contributed by atoms with Crippen LogP contribution in [-0.4, -0.2) is 22.5 Å². The van der Waals surface area contributed by atoms with Gasteiger partial charge in [0, 0.05) is 22.7 Å².